The minimum absolute atomic E-state index is 0.543. The molecule has 2 heteroatoms. The molecule has 2 aromatic carbocycles. The molecule has 0 radical (unpaired) electrons. The summed E-state index contributed by atoms with van der Waals surface area (Å²) in [5.41, 5.74) is 3.78. The van der Waals surface area contributed by atoms with Gasteiger partial charge in [-0.05, 0) is 42.7 Å². The Bertz CT molecular complexity index is 545. The third kappa shape index (κ3) is 2.77. The lowest BCUT2D eigenvalue weighted by Crippen LogP contribution is -1.98. The standard InChI is InChI=1S/C16H16O2/c1-12-9-16(13(2)8-15(12)10-17)18-11-14-6-4-3-5-7-14/h3-10H,11H2,1-2H3. The molecule has 2 aromatic rings. The highest BCUT2D eigenvalue weighted by atomic mass is 16.5. The molecule has 0 aliphatic rings. The second-order valence-corrected chi connectivity index (χ2v) is 4.37. The number of ether oxygens (including phenoxy) is 1. The van der Waals surface area contributed by atoms with Gasteiger partial charge in [-0.2, -0.15) is 0 Å². The molecule has 0 unspecified atom stereocenters. The zero-order valence-electron chi connectivity index (χ0n) is 10.6. The van der Waals surface area contributed by atoms with E-state index in [1.807, 2.05) is 56.3 Å². The van der Waals surface area contributed by atoms with Crippen molar-refractivity contribution in [2.24, 2.45) is 0 Å². The van der Waals surface area contributed by atoms with E-state index in [4.69, 9.17) is 4.74 Å². The molecule has 0 aliphatic heterocycles. The highest BCUT2D eigenvalue weighted by Crippen LogP contribution is 2.23. The van der Waals surface area contributed by atoms with E-state index in [1.54, 1.807) is 0 Å². The summed E-state index contributed by atoms with van der Waals surface area (Å²) >= 11 is 0. The molecule has 2 nitrogen and oxygen atoms in total. The largest absolute Gasteiger partial charge is 0.489 e. The van der Waals surface area contributed by atoms with Crippen LogP contribution in [0.15, 0.2) is 42.5 Å². The molecule has 0 aromatic heterocycles. The second kappa shape index (κ2) is 5.50. The molecule has 0 atom stereocenters. The summed E-state index contributed by atoms with van der Waals surface area (Å²) in [4.78, 5) is 10.8. The molecular formula is C16H16O2. The molecule has 0 bridgehead atoms. The number of carbonyl (C=O) groups is 1. The van der Waals surface area contributed by atoms with E-state index in [0.29, 0.717) is 6.61 Å². The van der Waals surface area contributed by atoms with Gasteiger partial charge in [0.2, 0.25) is 0 Å². The summed E-state index contributed by atoms with van der Waals surface area (Å²) in [6.45, 7) is 4.41. The van der Waals surface area contributed by atoms with Crippen LogP contribution in [0.5, 0.6) is 5.75 Å². The Morgan fingerprint density at radius 2 is 1.78 bits per heavy atom. The summed E-state index contributed by atoms with van der Waals surface area (Å²) in [7, 11) is 0. The topological polar surface area (TPSA) is 26.3 Å². The van der Waals surface area contributed by atoms with E-state index < -0.39 is 0 Å². The van der Waals surface area contributed by atoms with E-state index >= 15 is 0 Å². The number of rotatable bonds is 4. The SMILES string of the molecule is Cc1cc(OCc2ccccc2)c(C)cc1C=O. The van der Waals surface area contributed by atoms with E-state index in [9.17, 15) is 4.79 Å². The first-order chi connectivity index (χ1) is 8.70. The molecule has 0 heterocycles. The van der Waals surface area contributed by atoms with Crippen LogP contribution >= 0.6 is 0 Å². The van der Waals surface area contributed by atoms with Crippen molar-refractivity contribution < 1.29 is 9.53 Å². The van der Waals surface area contributed by atoms with E-state index in [2.05, 4.69) is 0 Å². The number of carbonyl (C=O) groups excluding carboxylic acids is 1. The van der Waals surface area contributed by atoms with Crippen LogP contribution in [0.4, 0.5) is 0 Å². The van der Waals surface area contributed by atoms with Crippen LogP contribution in [0.1, 0.15) is 27.0 Å². The van der Waals surface area contributed by atoms with Crippen LogP contribution in [0.25, 0.3) is 0 Å². The molecule has 0 spiro atoms. The maximum Gasteiger partial charge on any atom is 0.150 e. The smallest absolute Gasteiger partial charge is 0.150 e. The maximum atomic E-state index is 10.8. The Hall–Kier alpha value is -2.09. The Kier molecular flexibility index (Phi) is 3.78. The average molecular weight is 240 g/mol. The predicted octanol–water partition coefficient (Wildman–Crippen LogP) is 3.69. The summed E-state index contributed by atoms with van der Waals surface area (Å²) < 4.78 is 5.79. The zero-order chi connectivity index (χ0) is 13.0. The van der Waals surface area contributed by atoms with E-state index in [-0.39, 0.29) is 0 Å². The first-order valence-corrected chi connectivity index (χ1v) is 5.94. The average Bonchev–Trinajstić information content (AvgIpc) is 2.40. The van der Waals surface area contributed by atoms with Crippen molar-refractivity contribution in [3.63, 3.8) is 0 Å². The van der Waals surface area contributed by atoms with Gasteiger partial charge >= 0.3 is 0 Å². The van der Waals surface area contributed by atoms with Gasteiger partial charge in [0.25, 0.3) is 0 Å². The first kappa shape index (κ1) is 12.4. The van der Waals surface area contributed by atoms with Gasteiger partial charge in [0, 0.05) is 5.56 Å². The van der Waals surface area contributed by atoms with Gasteiger partial charge in [-0.1, -0.05) is 30.3 Å². The van der Waals surface area contributed by atoms with Gasteiger partial charge in [0.05, 0.1) is 0 Å². The minimum atomic E-state index is 0.543. The van der Waals surface area contributed by atoms with Crippen LogP contribution in [-0.4, -0.2) is 6.29 Å². The number of aryl methyl sites for hydroxylation is 2. The van der Waals surface area contributed by atoms with Gasteiger partial charge in [-0.15, -0.1) is 0 Å². The highest BCUT2D eigenvalue weighted by Gasteiger charge is 2.05. The lowest BCUT2D eigenvalue weighted by Gasteiger charge is -2.11. The van der Waals surface area contributed by atoms with Gasteiger partial charge in [0.1, 0.15) is 18.6 Å². The number of hydrogen-bond acceptors (Lipinski definition) is 2. The summed E-state index contributed by atoms with van der Waals surface area (Å²) in [5, 5.41) is 0. The van der Waals surface area contributed by atoms with Gasteiger partial charge in [0.15, 0.2) is 0 Å². The number of benzene rings is 2. The van der Waals surface area contributed by atoms with Crippen LogP contribution in [-0.2, 0) is 6.61 Å². The Morgan fingerprint density at radius 3 is 2.44 bits per heavy atom. The molecule has 0 saturated heterocycles. The molecular weight excluding hydrogens is 224 g/mol. The fourth-order valence-corrected chi connectivity index (χ4v) is 1.83. The fraction of sp³-hybridized carbons (Fsp3) is 0.188. The zero-order valence-corrected chi connectivity index (χ0v) is 10.6. The van der Waals surface area contributed by atoms with Crippen LogP contribution in [0, 0.1) is 13.8 Å². The van der Waals surface area contributed by atoms with Gasteiger partial charge in [-0.3, -0.25) is 4.79 Å². The quantitative estimate of drug-likeness (QED) is 0.762. The molecule has 0 N–H and O–H groups in total. The van der Waals surface area contributed by atoms with Crippen LogP contribution in [0.3, 0.4) is 0 Å². The van der Waals surface area contributed by atoms with Crippen LogP contribution in [0.2, 0.25) is 0 Å². The van der Waals surface area contributed by atoms with Crippen molar-refractivity contribution in [1.82, 2.24) is 0 Å². The fourth-order valence-electron chi connectivity index (χ4n) is 1.83. The number of aldehydes is 1. The predicted molar refractivity (Wildman–Crippen MR) is 72.1 cm³/mol. The third-order valence-corrected chi connectivity index (χ3v) is 2.93. The second-order valence-electron chi connectivity index (χ2n) is 4.37. The lowest BCUT2D eigenvalue weighted by molar-refractivity contribution is 0.112. The van der Waals surface area contributed by atoms with Crippen LogP contribution < -0.4 is 4.74 Å². The van der Waals surface area contributed by atoms with E-state index in [1.165, 1.54) is 0 Å². The van der Waals surface area contributed by atoms with Crippen molar-refractivity contribution >= 4 is 6.29 Å². The monoisotopic (exact) mass is 240 g/mol. The van der Waals surface area contributed by atoms with Crippen molar-refractivity contribution in [3.05, 3.63) is 64.7 Å². The first-order valence-electron chi connectivity index (χ1n) is 5.94. The lowest BCUT2D eigenvalue weighted by atomic mass is 10.1. The molecule has 2 rings (SSSR count). The third-order valence-electron chi connectivity index (χ3n) is 2.93. The van der Waals surface area contributed by atoms with Crippen molar-refractivity contribution in [2.75, 3.05) is 0 Å². The summed E-state index contributed by atoms with van der Waals surface area (Å²) in [6, 6.07) is 13.8. The molecule has 18 heavy (non-hydrogen) atoms. The minimum Gasteiger partial charge on any atom is -0.489 e. The van der Waals surface area contributed by atoms with Gasteiger partial charge < -0.3 is 4.74 Å². The Labute approximate surface area is 107 Å². The number of hydrogen-bond donors (Lipinski definition) is 0. The van der Waals surface area contributed by atoms with Crippen molar-refractivity contribution in [2.45, 2.75) is 20.5 Å². The van der Waals surface area contributed by atoms with E-state index in [0.717, 1.165) is 34.3 Å². The Balaban J connectivity index is 2.15. The molecule has 0 fully saturated rings. The summed E-state index contributed by atoms with van der Waals surface area (Å²) in [5.74, 6) is 0.835. The maximum absolute atomic E-state index is 10.8. The van der Waals surface area contributed by atoms with Gasteiger partial charge in [-0.25, -0.2) is 0 Å². The van der Waals surface area contributed by atoms with Crippen molar-refractivity contribution in [3.8, 4) is 5.75 Å². The molecule has 92 valence electrons. The Morgan fingerprint density at radius 1 is 1.06 bits per heavy atom. The highest BCUT2D eigenvalue weighted by molar-refractivity contribution is 5.78. The molecule has 0 aliphatic carbocycles. The van der Waals surface area contributed by atoms with Crippen molar-refractivity contribution in [1.29, 1.82) is 0 Å². The normalized spacial score (nSPS) is 10.1. The molecule has 0 saturated carbocycles. The molecule has 0 amide bonds. The summed E-state index contributed by atoms with van der Waals surface area (Å²) in [6.07, 6.45) is 0.878.